The second-order valence-electron chi connectivity index (χ2n) is 5.29. The van der Waals surface area contributed by atoms with E-state index in [2.05, 4.69) is 20.0 Å². The van der Waals surface area contributed by atoms with Crippen molar-refractivity contribution < 1.29 is 12.9 Å². The highest BCUT2D eigenvalue weighted by Crippen LogP contribution is 2.39. The first-order valence-corrected chi connectivity index (χ1v) is 8.57. The zero-order chi connectivity index (χ0) is 15.9. The zero-order valence-corrected chi connectivity index (χ0v) is 12.8. The van der Waals surface area contributed by atoms with E-state index in [1.165, 1.54) is 17.1 Å². The van der Waals surface area contributed by atoms with Crippen molar-refractivity contribution in [3.63, 3.8) is 0 Å². The van der Waals surface area contributed by atoms with Crippen LogP contribution in [0.5, 0.6) is 0 Å². The minimum Gasteiger partial charge on any atom is -0.337 e. The predicted octanol–water partition coefficient (Wildman–Crippen LogP) is 1.93. The largest absolute Gasteiger partial charge is 0.337 e. The second-order valence-corrected chi connectivity index (χ2v) is 6.97. The summed E-state index contributed by atoms with van der Waals surface area (Å²) in [4.78, 5) is 4.08. The molecule has 0 amide bonds. The number of para-hydroxylation sites is 1. The van der Waals surface area contributed by atoms with Crippen LogP contribution in [0.1, 0.15) is 24.7 Å². The van der Waals surface area contributed by atoms with Gasteiger partial charge < -0.3 is 4.52 Å². The number of nitrogens with one attached hydrogen (secondary N) is 1. The van der Waals surface area contributed by atoms with Crippen molar-refractivity contribution in [3.05, 3.63) is 48.6 Å². The molecule has 1 aromatic carbocycles. The van der Waals surface area contributed by atoms with Gasteiger partial charge in [0.2, 0.25) is 5.89 Å². The van der Waals surface area contributed by atoms with Crippen molar-refractivity contribution in [1.29, 1.82) is 0 Å². The molecule has 1 fully saturated rings. The highest BCUT2D eigenvalue weighted by Gasteiger charge is 2.30. The SMILES string of the molecule is O=S(=O)(Nc1noc(C2CC2)n1)c1cnn(-c2ccccc2)c1. The molecule has 0 spiro atoms. The molecule has 1 aliphatic rings. The van der Waals surface area contributed by atoms with Crippen molar-refractivity contribution in [3.8, 4) is 5.69 Å². The van der Waals surface area contributed by atoms with Crippen LogP contribution < -0.4 is 4.72 Å². The van der Waals surface area contributed by atoms with Gasteiger partial charge in [-0.15, -0.1) is 0 Å². The van der Waals surface area contributed by atoms with Gasteiger partial charge in [-0.2, -0.15) is 10.1 Å². The minimum absolute atomic E-state index is 0.0270. The minimum atomic E-state index is -3.81. The number of hydrogen-bond acceptors (Lipinski definition) is 6. The van der Waals surface area contributed by atoms with Crippen LogP contribution >= 0.6 is 0 Å². The Labute approximate surface area is 132 Å². The van der Waals surface area contributed by atoms with Gasteiger partial charge in [0.25, 0.3) is 16.0 Å². The van der Waals surface area contributed by atoms with Crippen molar-refractivity contribution >= 4 is 16.0 Å². The van der Waals surface area contributed by atoms with Crippen LogP contribution in [-0.2, 0) is 10.0 Å². The van der Waals surface area contributed by atoms with Crippen LogP contribution in [0.25, 0.3) is 5.69 Å². The quantitative estimate of drug-likeness (QED) is 0.766. The molecule has 0 radical (unpaired) electrons. The van der Waals surface area contributed by atoms with Crippen LogP contribution in [0.3, 0.4) is 0 Å². The molecule has 23 heavy (non-hydrogen) atoms. The molecule has 118 valence electrons. The Hall–Kier alpha value is -2.68. The summed E-state index contributed by atoms with van der Waals surface area (Å²) in [7, 11) is -3.81. The van der Waals surface area contributed by atoms with E-state index in [0.29, 0.717) is 5.89 Å². The topological polar surface area (TPSA) is 103 Å². The average Bonchev–Trinajstić information content (AvgIpc) is 3.09. The Morgan fingerprint density at radius 3 is 2.74 bits per heavy atom. The van der Waals surface area contributed by atoms with Crippen LogP contribution in [0.4, 0.5) is 5.95 Å². The maximum Gasteiger partial charge on any atom is 0.277 e. The van der Waals surface area contributed by atoms with Gasteiger partial charge in [0, 0.05) is 5.92 Å². The molecule has 0 aliphatic heterocycles. The molecule has 1 N–H and O–H groups in total. The molecule has 9 heteroatoms. The summed E-state index contributed by atoms with van der Waals surface area (Å²) in [5.41, 5.74) is 0.768. The summed E-state index contributed by atoms with van der Waals surface area (Å²) in [5, 5.41) is 7.72. The fraction of sp³-hybridized carbons (Fsp3) is 0.214. The number of aromatic nitrogens is 4. The Balaban J connectivity index is 1.57. The van der Waals surface area contributed by atoms with E-state index < -0.39 is 10.0 Å². The van der Waals surface area contributed by atoms with E-state index in [1.807, 2.05) is 30.3 Å². The Kier molecular flexibility index (Phi) is 3.15. The van der Waals surface area contributed by atoms with Gasteiger partial charge in [0.15, 0.2) is 0 Å². The Morgan fingerprint density at radius 2 is 2.00 bits per heavy atom. The third kappa shape index (κ3) is 2.82. The number of hydrogen-bond donors (Lipinski definition) is 1. The Bertz CT molecular complexity index is 928. The molecular formula is C14H13N5O3S. The van der Waals surface area contributed by atoms with Crippen molar-refractivity contribution in [2.75, 3.05) is 4.72 Å². The fourth-order valence-corrected chi connectivity index (χ4v) is 2.98. The number of benzene rings is 1. The van der Waals surface area contributed by atoms with Crippen LogP contribution in [-0.4, -0.2) is 28.3 Å². The van der Waals surface area contributed by atoms with Crippen LogP contribution in [0.2, 0.25) is 0 Å². The lowest BCUT2D eigenvalue weighted by Gasteiger charge is -2.01. The van der Waals surface area contributed by atoms with Gasteiger partial charge >= 0.3 is 0 Å². The molecular weight excluding hydrogens is 318 g/mol. The summed E-state index contributed by atoms with van der Waals surface area (Å²) in [6.07, 6.45) is 4.70. The first-order valence-electron chi connectivity index (χ1n) is 7.08. The first kappa shape index (κ1) is 13.9. The van der Waals surface area contributed by atoms with E-state index in [-0.39, 0.29) is 16.8 Å². The molecule has 2 heterocycles. The standard InChI is InChI=1S/C14H13N5O3S/c20-23(21,18-14-16-13(22-17-14)10-6-7-10)12-8-15-19(9-12)11-4-2-1-3-5-11/h1-5,8-10H,6-7H2,(H,17,18). The first-order chi connectivity index (χ1) is 11.1. The number of sulfonamides is 1. The molecule has 0 atom stereocenters. The van der Waals surface area contributed by atoms with Gasteiger partial charge in [-0.3, -0.25) is 0 Å². The molecule has 0 saturated heterocycles. The maximum absolute atomic E-state index is 12.4. The summed E-state index contributed by atoms with van der Waals surface area (Å²) < 4.78 is 33.5. The lowest BCUT2D eigenvalue weighted by atomic mass is 10.3. The average molecular weight is 331 g/mol. The predicted molar refractivity (Wildman–Crippen MR) is 80.6 cm³/mol. The summed E-state index contributed by atoms with van der Waals surface area (Å²) in [6, 6.07) is 9.24. The van der Waals surface area contributed by atoms with E-state index >= 15 is 0 Å². The summed E-state index contributed by atoms with van der Waals surface area (Å²) in [6.45, 7) is 0. The van der Waals surface area contributed by atoms with Crippen LogP contribution in [0.15, 0.2) is 52.1 Å². The van der Waals surface area contributed by atoms with Crippen LogP contribution in [0, 0.1) is 0 Å². The lowest BCUT2D eigenvalue weighted by Crippen LogP contribution is -2.13. The number of rotatable bonds is 5. The van der Waals surface area contributed by atoms with E-state index in [9.17, 15) is 8.42 Å². The van der Waals surface area contributed by atoms with E-state index in [1.54, 1.807) is 0 Å². The monoisotopic (exact) mass is 331 g/mol. The fourth-order valence-electron chi connectivity index (χ4n) is 2.12. The zero-order valence-electron chi connectivity index (χ0n) is 12.0. The van der Waals surface area contributed by atoms with Gasteiger partial charge in [-0.25, -0.2) is 17.8 Å². The third-order valence-electron chi connectivity index (χ3n) is 3.48. The molecule has 4 rings (SSSR count). The van der Waals surface area contributed by atoms with Gasteiger partial charge in [-0.05, 0) is 30.1 Å². The molecule has 1 saturated carbocycles. The van der Waals surface area contributed by atoms with Crippen molar-refractivity contribution in [2.45, 2.75) is 23.7 Å². The summed E-state index contributed by atoms with van der Waals surface area (Å²) in [5.74, 6) is 0.684. The maximum atomic E-state index is 12.4. The molecule has 0 bridgehead atoms. The summed E-state index contributed by atoms with van der Waals surface area (Å²) >= 11 is 0. The Morgan fingerprint density at radius 1 is 1.22 bits per heavy atom. The number of nitrogens with zero attached hydrogens (tertiary/aromatic N) is 4. The van der Waals surface area contributed by atoms with Gasteiger partial charge in [0.1, 0.15) is 4.90 Å². The van der Waals surface area contributed by atoms with Gasteiger partial charge in [-0.1, -0.05) is 18.2 Å². The normalized spacial score (nSPS) is 14.8. The highest BCUT2D eigenvalue weighted by atomic mass is 32.2. The highest BCUT2D eigenvalue weighted by molar-refractivity contribution is 7.92. The smallest absolute Gasteiger partial charge is 0.277 e. The van der Waals surface area contributed by atoms with Gasteiger partial charge in [0.05, 0.1) is 18.1 Å². The molecule has 8 nitrogen and oxygen atoms in total. The van der Waals surface area contributed by atoms with Crippen molar-refractivity contribution in [1.82, 2.24) is 19.9 Å². The van der Waals surface area contributed by atoms with E-state index in [0.717, 1.165) is 18.5 Å². The molecule has 0 unspecified atom stereocenters. The molecule has 2 aromatic heterocycles. The molecule has 1 aliphatic carbocycles. The second kappa shape index (κ2) is 5.20. The van der Waals surface area contributed by atoms with Crippen molar-refractivity contribution in [2.24, 2.45) is 0 Å². The molecule has 3 aromatic rings. The lowest BCUT2D eigenvalue weighted by molar-refractivity contribution is 0.380. The third-order valence-corrected chi connectivity index (χ3v) is 4.77. The van der Waals surface area contributed by atoms with E-state index in [4.69, 9.17) is 4.52 Å². The number of anilines is 1.